The summed E-state index contributed by atoms with van der Waals surface area (Å²) in [5.74, 6) is 0. The quantitative estimate of drug-likeness (QED) is 0.705. The zero-order valence-corrected chi connectivity index (χ0v) is 9.01. The van der Waals surface area contributed by atoms with Crippen LogP contribution in [0.5, 0.6) is 0 Å². The summed E-state index contributed by atoms with van der Waals surface area (Å²) >= 11 is 1.18. The maximum Gasteiger partial charge on any atom is 0.240 e. The highest BCUT2D eigenvalue weighted by Gasteiger charge is 1.99. The van der Waals surface area contributed by atoms with E-state index in [1.54, 1.807) is 6.08 Å². The molecule has 74 valence electrons. The van der Waals surface area contributed by atoms with Crippen molar-refractivity contribution in [3.8, 4) is 0 Å². The predicted octanol–water partition coefficient (Wildman–Crippen LogP) is 1.64. The summed E-state index contributed by atoms with van der Waals surface area (Å²) in [5.41, 5.74) is 0. The molecule has 0 bridgehead atoms. The molecule has 0 aliphatic rings. The van der Waals surface area contributed by atoms with Gasteiger partial charge in [-0.05, 0) is 16.7 Å². The maximum absolute atomic E-state index is 11.7. The first kappa shape index (κ1) is 9.87. The third-order valence-corrected chi connectivity index (χ3v) is 3.11. The summed E-state index contributed by atoms with van der Waals surface area (Å²) in [6.45, 7) is 7.56. The molecule has 0 spiro atoms. The number of rotatable bonds is 1. The van der Waals surface area contributed by atoms with Crippen LogP contribution in [0.3, 0.4) is 0 Å². The van der Waals surface area contributed by atoms with Gasteiger partial charge < -0.3 is 0 Å². The highest BCUT2D eigenvalue weighted by atomic mass is 32.1. The lowest BCUT2D eigenvalue weighted by molar-refractivity contribution is 1.69. The Morgan fingerprint density at radius 3 is 2.53 bits per heavy atom. The largest absolute Gasteiger partial charge is 0.277 e. The van der Waals surface area contributed by atoms with Crippen LogP contribution in [-0.2, 0) is 0 Å². The van der Waals surface area contributed by atoms with Crippen molar-refractivity contribution in [2.45, 2.75) is 0 Å². The molecule has 1 aromatic heterocycles. The van der Waals surface area contributed by atoms with E-state index in [1.807, 2.05) is 30.3 Å². The third-order valence-electron chi connectivity index (χ3n) is 2.24. The van der Waals surface area contributed by atoms with Gasteiger partial charge in [-0.2, -0.15) is 0 Å². The number of hydrogen-bond acceptors (Lipinski definition) is 2. The molecular weight excluding hydrogens is 204 g/mol. The molecule has 1 aromatic carbocycles. The van der Waals surface area contributed by atoms with E-state index in [0.717, 1.165) is 20.5 Å². The highest BCUT2D eigenvalue weighted by Crippen LogP contribution is 2.03. The second-order valence-corrected chi connectivity index (χ2v) is 4.24. The third kappa shape index (κ3) is 1.64. The molecule has 15 heavy (non-hydrogen) atoms. The normalized spacial score (nSPS) is 11.9. The lowest BCUT2D eigenvalue weighted by Crippen LogP contribution is -2.25. The van der Waals surface area contributed by atoms with E-state index in [-0.39, 0.29) is 4.74 Å². The van der Waals surface area contributed by atoms with Crippen molar-refractivity contribution in [3.63, 3.8) is 0 Å². The van der Waals surface area contributed by atoms with Gasteiger partial charge in [0.1, 0.15) is 0 Å². The van der Waals surface area contributed by atoms with Crippen LogP contribution < -0.4 is 14.5 Å². The molecule has 0 saturated heterocycles. The van der Waals surface area contributed by atoms with Gasteiger partial charge in [0.15, 0.2) is 0 Å². The van der Waals surface area contributed by atoms with E-state index in [2.05, 4.69) is 13.2 Å². The molecule has 0 aliphatic heterocycles. The van der Waals surface area contributed by atoms with E-state index < -0.39 is 0 Å². The fourth-order valence-corrected chi connectivity index (χ4v) is 2.37. The van der Waals surface area contributed by atoms with Crippen LogP contribution in [0.2, 0.25) is 0 Å². The Morgan fingerprint density at radius 1 is 1.20 bits per heavy atom. The van der Waals surface area contributed by atoms with Crippen molar-refractivity contribution in [1.29, 1.82) is 0 Å². The Kier molecular flexibility index (Phi) is 2.52. The molecule has 0 atom stereocenters. The van der Waals surface area contributed by atoms with Gasteiger partial charge in [-0.15, -0.1) is 0 Å². The summed E-state index contributed by atoms with van der Waals surface area (Å²) in [6.07, 6.45) is 3.61. The van der Waals surface area contributed by atoms with Crippen molar-refractivity contribution in [3.05, 3.63) is 56.2 Å². The second-order valence-electron chi connectivity index (χ2n) is 3.17. The van der Waals surface area contributed by atoms with Crippen molar-refractivity contribution >= 4 is 34.8 Å². The molecule has 0 radical (unpaired) electrons. The predicted molar refractivity (Wildman–Crippen MR) is 67.5 cm³/mol. The molecule has 0 unspecified atom stereocenters. The van der Waals surface area contributed by atoms with Gasteiger partial charge in [-0.25, -0.2) is 0 Å². The second kappa shape index (κ2) is 3.83. The van der Waals surface area contributed by atoms with Gasteiger partial charge in [-0.1, -0.05) is 54.8 Å². The molecule has 0 N–H and O–H groups in total. The summed E-state index contributed by atoms with van der Waals surface area (Å²) in [7, 11) is 0. The minimum atomic E-state index is 0.0665. The van der Waals surface area contributed by atoms with E-state index in [1.165, 1.54) is 11.3 Å². The Hall–Kier alpha value is -1.67. The Bertz CT molecular complexity index is 680. The van der Waals surface area contributed by atoms with E-state index >= 15 is 0 Å². The van der Waals surface area contributed by atoms with Crippen LogP contribution in [0.4, 0.5) is 0 Å². The lowest BCUT2D eigenvalue weighted by atomic mass is 10.1. The topological polar surface area (TPSA) is 17.1 Å². The molecule has 1 heterocycles. The van der Waals surface area contributed by atoms with Crippen LogP contribution in [0.15, 0.2) is 41.7 Å². The monoisotopic (exact) mass is 214 g/mol. The van der Waals surface area contributed by atoms with Crippen molar-refractivity contribution in [1.82, 2.24) is 0 Å². The van der Waals surface area contributed by atoms with Gasteiger partial charge in [0.05, 0.1) is 0 Å². The minimum Gasteiger partial charge on any atom is -0.277 e. The van der Waals surface area contributed by atoms with Gasteiger partial charge in [-0.3, -0.25) is 4.79 Å². The first-order valence-electron chi connectivity index (χ1n) is 4.57. The summed E-state index contributed by atoms with van der Waals surface area (Å²) < 4.78 is 0.857. The molecule has 1 nitrogen and oxygen atoms in total. The van der Waals surface area contributed by atoms with Crippen molar-refractivity contribution in [2.24, 2.45) is 0 Å². The molecule has 2 heteroatoms. The Balaban J connectivity index is 3.18. The molecule has 0 fully saturated rings. The fraction of sp³-hybridized carbons (Fsp3) is 0. The SMILES string of the molecule is C=C/C=c1\c(=C)sc(=O)c2ccccc12. The van der Waals surface area contributed by atoms with Crippen molar-refractivity contribution < 1.29 is 0 Å². The summed E-state index contributed by atoms with van der Waals surface area (Å²) in [6, 6.07) is 7.57. The average Bonchev–Trinajstić information content (AvgIpc) is 2.24. The Labute approximate surface area is 91.3 Å². The standard InChI is InChI=1S/C13H10OS/c1-3-6-10-9(2)15-13(14)12-8-5-4-7-11(10)12/h3-8H,1-2H2/b10-6+. The molecule has 2 rings (SSSR count). The lowest BCUT2D eigenvalue weighted by Gasteiger charge is -1.96. The molecule has 0 saturated carbocycles. The number of fused-ring (bicyclic) bond motifs is 1. The first-order valence-corrected chi connectivity index (χ1v) is 5.39. The average molecular weight is 214 g/mol. The number of hydrogen-bond donors (Lipinski definition) is 0. The van der Waals surface area contributed by atoms with Crippen LogP contribution in [-0.4, -0.2) is 0 Å². The van der Waals surface area contributed by atoms with Crippen LogP contribution >= 0.6 is 11.3 Å². The van der Waals surface area contributed by atoms with Crippen LogP contribution in [0, 0.1) is 0 Å². The first-order chi connectivity index (χ1) is 7.24. The zero-order chi connectivity index (χ0) is 10.8. The minimum absolute atomic E-state index is 0.0665. The van der Waals surface area contributed by atoms with Gasteiger partial charge in [0.2, 0.25) is 4.74 Å². The van der Waals surface area contributed by atoms with Crippen molar-refractivity contribution in [2.75, 3.05) is 0 Å². The van der Waals surface area contributed by atoms with Crippen LogP contribution in [0.1, 0.15) is 0 Å². The molecular formula is C13H10OS. The van der Waals surface area contributed by atoms with E-state index in [9.17, 15) is 4.79 Å². The van der Waals surface area contributed by atoms with Crippen LogP contribution in [0.25, 0.3) is 23.4 Å². The maximum atomic E-state index is 11.7. The molecule has 2 aromatic rings. The van der Waals surface area contributed by atoms with E-state index in [4.69, 9.17) is 0 Å². The van der Waals surface area contributed by atoms with Gasteiger partial charge >= 0.3 is 0 Å². The van der Waals surface area contributed by atoms with E-state index in [0.29, 0.717) is 0 Å². The number of allylic oxidation sites excluding steroid dienone is 1. The number of benzene rings is 1. The zero-order valence-electron chi connectivity index (χ0n) is 8.19. The summed E-state index contributed by atoms with van der Waals surface area (Å²) in [5, 5.41) is 2.69. The molecule has 0 aliphatic carbocycles. The highest BCUT2D eigenvalue weighted by molar-refractivity contribution is 7.07. The van der Waals surface area contributed by atoms with Gasteiger partial charge in [0.25, 0.3) is 0 Å². The molecule has 0 amide bonds. The Morgan fingerprint density at radius 2 is 1.87 bits per heavy atom. The summed E-state index contributed by atoms with van der Waals surface area (Å²) in [4.78, 5) is 11.7. The smallest absolute Gasteiger partial charge is 0.240 e. The fourth-order valence-electron chi connectivity index (χ4n) is 1.57. The van der Waals surface area contributed by atoms with Gasteiger partial charge in [0, 0.05) is 9.92 Å².